The van der Waals surface area contributed by atoms with E-state index in [1.54, 1.807) is 0 Å². The first-order valence-electron chi connectivity index (χ1n) is 7.17. The fourth-order valence-electron chi connectivity index (χ4n) is 2.06. The maximum absolute atomic E-state index is 12.7. The molecule has 1 aromatic heterocycles. The first-order valence-corrected chi connectivity index (χ1v) is 7.17. The predicted octanol–water partition coefficient (Wildman–Crippen LogP) is 3.11. The van der Waals surface area contributed by atoms with Gasteiger partial charge in [-0.15, -0.1) is 0 Å². The van der Waals surface area contributed by atoms with Crippen molar-refractivity contribution in [2.75, 3.05) is 6.61 Å². The van der Waals surface area contributed by atoms with Crippen molar-refractivity contribution in [2.24, 2.45) is 0 Å². The second kappa shape index (κ2) is 5.92. The van der Waals surface area contributed by atoms with E-state index in [-0.39, 0.29) is 5.69 Å². The summed E-state index contributed by atoms with van der Waals surface area (Å²) in [6, 6.07) is 3.59. The van der Waals surface area contributed by atoms with Crippen molar-refractivity contribution < 1.29 is 27.6 Å². The first kappa shape index (κ1) is 18.0. The summed E-state index contributed by atoms with van der Waals surface area (Å²) in [4.78, 5) is 3.55. The summed E-state index contributed by atoms with van der Waals surface area (Å²) >= 11 is 0. The molecule has 0 bridgehead atoms. The molecule has 1 aliphatic heterocycles. The Labute approximate surface area is 133 Å². The topological polar surface area (TPSA) is 51.6 Å². The summed E-state index contributed by atoms with van der Waals surface area (Å²) in [5, 5.41) is 9.54. The summed E-state index contributed by atoms with van der Waals surface area (Å²) in [7, 11) is -0.832. The Balaban J connectivity index is 2.31. The van der Waals surface area contributed by atoms with Gasteiger partial charge in [0.25, 0.3) is 0 Å². The maximum Gasteiger partial charge on any atom is 0.492 e. The number of rotatable bonds is 3. The van der Waals surface area contributed by atoms with Gasteiger partial charge in [0.2, 0.25) is 0 Å². The van der Waals surface area contributed by atoms with Crippen LogP contribution in [0.15, 0.2) is 23.7 Å². The molecule has 0 radical (unpaired) electrons. The Morgan fingerprint density at radius 2 is 1.78 bits per heavy atom. The van der Waals surface area contributed by atoms with Gasteiger partial charge in [0, 0.05) is 0 Å². The number of aromatic nitrogens is 1. The number of hydrogen-bond acceptors (Lipinski definition) is 4. The second-order valence-electron chi connectivity index (χ2n) is 6.41. The Morgan fingerprint density at radius 3 is 2.26 bits per heavy atom. The van der Waals surface area contributed by atoms with E-state index in [1.165, 1.54) is 18.2 Å². The van der Waals surface area contributed by atoms with Crippen LogP contribution in [-0.2, 0) is 15.5 Å². The molecular formula is C15H19BF3NO3. The molecule has 0 atom stereocenters. The number of aliphatic hydroxyl groups excluding tert-OH is 1. The van der Waals surface area contributed by atoms with Gasteiger partial charge >= 0.3 is 13.3 Å². The van der Waals surface area contributed by atoms with Crippen molar-refractivity contribution >= 4 is 13.2 Å². The monoisotopic (exact) mass is 329 g/mol. The van der Waals surface area contributed by atoms with E-state index in [4.69, 9.17) is 9.31 Å². The van der Waals surface area contributed by atoms with Crippen LogP contribution < -0.4 is 0 Å². The van der Waals surface area contributed by atoms with E-state index in [9.17, 15) is 18.3 Å². The molecule has 0 aliphatic carbocycles. The van der Waals surface area contributed by atoms with Crippen LogP contribution in [0.1, 0.15) is 39.1 Å². The van der Waals surface area contributed by atoms with Crippen LogP contribution in [0.5, 0.6) is 0 Å². The van der Waals surface area contributed by atoms with Gasteiger partial charge in [-0.1, -0.05) is 6.07 Å². The van der Waals surface area contributed by atoms with Crippen molar-refractivity contribution in [1.29, 1.82) is 0 Å². The van der Waals surface area contributed by atoms with Crippen molar-refractivity contribution in [3.8, 4) is 0 Å². The molecule has 126 valence electrons. The average Bonchev–Trinajstić information content (AvgIpc) is 2.64. The van der Waals surface area contributed by atoms with Crippen molar-refractivity contribution in [3.63, 3.8) is 0 Å². The molecule has 0 amide bonds. The van der Waals surface area contributed by atoms with Gasteiger partial charge in [-0.3, -0.25) is 0 Å². The molecule has 0 aromatic carbocycles. The highest BCUT2D eigenvalue weighted by atomic mass is 19.4. The predicted molar refractivity (Wildman–Crippen MR) is 80.4 cm³/mol. The smallest absolute Gasteiger partial charge is 0.400 e. The quantitative estimate of drug-likeness (QED) is 0.866. The first-order chi connectivity index (χ1) is 10.5. The van der Waals surface area contributed by atoms with Gasteiger partial charge in [-0.25, -0.2) is 4.98 Å². The zero-order valence-electron chi connectivity index (χ0n) is 13.4. The normalized spacial score (nSPS) is 20.9. The zero-order valence-corrected chi connectivity index (χ0v) is 13.4. The molecule has 0 spiro atoms. The van der Waals surface area contributed by atoms with Crippen molar-refractivity contribution in [1.82, 2.24) is 4.98 Å². The lowest BCUT2D eigenvalue weighted by atomic mass is 9.78. The average molecular weight is 329 g/mol. The standard InChI is InChI=1S/C15H19BF3NO3/c1-13(2)14(3,4)23-16(22-13)10(9-21)8-11-6-5-7-12(20-11)15(17,18)19/h5-8,21H,9H2,1-4H3. The lowest BCUT2D eigenvalue weighted by Crippen LogP contribution is -2.41. The highest BCUT2D eigenvalue weighted by molar-refractivity contribution is 6.55. The number of pyridine rings is 1. The minimum absolute atomic E-state index is 0.0820. The molecule has 23 heavy (non-hydrogen) atoms. The van der Waals surface area contributed by atoms with Crippen LogP contribution in [0, 0.1) is 0 Å². The second-order valence-corrected chi connectivity index (χ2v) is 6.41. The minimum Gasteiger partial charge on any atom is -0.400 e. The SMILES string of the molecule is CC1(C)OB(C(=Cc2cccc(C(F)(F)F)n2)CO)OC1(C)C. The molecule has 0 saturated carbocycles. The van der Waals surface area contributed by atoms with Gasteiger partial charge in [-0.05, 0) is 51.4 Å². The van der Waals surface area contributed by atoms with Crippen LogP contribution in [-0.4, -0.2) is 35.0 Å². The summed E-state index contributed by atoms with van der Waals surface area (Å²) in [5.74, 6) is 0. The van der Waals surface area contributed by atoms with Gasteiger partial charge in [0.1, 0.15) is 5.69 Å². The third kappa shape index (κ3) is 3.76. The highest BCUT2D eigenvalue weighted by Gasteiger charge is 2.52. The fourth-order valence-corrected chi connectivity index (χ4v) is 2.06. The molecule has 2 heterocycles. The Bertz CT molecular complexity index is 598. The number of halogens is 3. The van der Waals surface area contributed by atoms with E-state index in [1.807, 2.05) is 27.7 Å². The molecule has 1 fully saturated rings. The summed E-state index contributed by atoms with van der Waals surface area (Å²) < 4.78 is 49.7. The molecule has 1 aliphatic rings. The third-order valence-electron chi connectivity index (χ3n) is 4.13. The largest absolute Gasteiger partial charge is 0.492 e. The van der Waals surface area contributed by atoms with Crippen LogP contribution in [0.4, 0.5) is 13.2 Å². The van der Waals surface area contributed by atoms with Crippen molar-refractivity contribution in [3.05, 3.63) is 35.1 Å². The highest BCUT2D eigenvalue weighted by Crippen LogP contribution is 2.38. The number of hydrogen-bond donors (Lipinski definition) is 1. The molecule has 0 unspecified atom stereocenters. The molecule has 1 aromatic rings. The molecule has 4 nitrogen and oxygen atoms in total. The van der Waals surface area contributed by atoms with Crippen molar-refractivity contribution in [2.45, 2.75) is 45.1 Å². The molecule has 2 rings (SSSR count). The van der Waals surface area contributed by atoms with E-state index < -0.39 is 36.8 Å². The lowest BCUT2D eigenvalue weighted by molar-refractivity contribution is -0.141. The zero-order chi connectivity index (χ0) is 17.5. The summed E-state index contributed by atoms with van der Waals surface area (Å²) in [5.41, 5.74) is -1.80. The molecule has 8 heteroatoms. The Kier molecular flexibility index (Phi) is 4.63. The molecular weight excluding hydrogens is 310 g/mol. The Hall–Kier alpha value is -1.38. The van der Waals surface area contributed by atoms with Crippen LogP contribution in [0.2, 0.25) is 0 Å². The number of nitrogens with zero attached hydrogens (tertiary/aromatic N) is 1. The number of aliphatic hydroxyl groups is 1. The van der Waals surface area contributed by atoms with E-state index >= 15 is 0 Å². The van der Waals surface area contributed by atoms with Gasteiger partial charge in [0.05, 0.1) is 23.5 Å². The lowest BCUT2D eigenvalue weighted by Gasteiger charge is -2.32. The number of alkyl halides is 3. The van der Waals surface area contributed by atoms with Gasteiger partial charge in [0.15, 0.2) is 0 Å². The minimum atomic E-state index is -4.52. The van der Waals surface area contributed by atoms with E-state index in [0.717, 1.165) is 6.07 Å². The van der Waals surface area contributed by atoms with E-state index in [2.05, 4.69) is 4.98 Å². The third-order valence-corrected chi connectivity index (χ3v) is 4.13. The molecule has 1 N–H and O–H groups in total. The van der Waals surface area contributed by atoms with Crippen LogP contribution in [0.25, 0.3) is 6.08 Å². The summed E-state index contributed by atoms with van der Waals surface area (Å²) in [6.45, 7) is 7.00. The van der Waals surface area contributed by atoms with Crippen LogP contribution in [0.3, 0.4) is 0 Å². The van der Waals surface area contributed by atoms with Gasteiger partial charge in [-0.2, -0.15) is 13.2 Å². The van der Waals surface area contributed by atoms with Crippen LogP contribution >= 0.6 is 0 Å². The maximum atomic E-state index is 12.7. The summed E-state index contributed by atoms with van der Waals surface area (Å²) in [6.07, 6.45) is -3.16. The Morgan fingerprint density at radius 1 is 1.22 bits per heavy atom. The molecule has 1 saturated heterocycles. The van der Waals surface area contributed by atoms with E-state index in [0.29, 0.717) is 5.47 Å². The fraction of sp³-hybridized carbons (Fsp3) is 0.533. The van der Waals surface area contributed by atoms with Gasteiger partial charge < -0.3 is 14.4 Å².